The monoisotopic (exact) mass is 319 g/mol. The molecule has 0 spiro atoms. The normalized spacial score (nSPS) is 24.3. The van der Waals surface area contributed by atoms with Crippen LogP contribution in [0.1, 0.15) is 31.1 Å². The maximum Gasteiger partial charge on any atom is 0.0949 e. The number of hydrogen-bond donors (Lipinski definition) is 1. The summed E-state index contributed by atoms with van der Waals surface area (Å²) in [5, 5.41) is 11.1. The fraction of sp³-hybridized carbons (Fsp3) is 0.471. The van der Waals surface area contributed by atoms with Gasteiger partial charge in [0, 0.05) is 36.5 Å². The number of hydrogen-bond acceptors (Lipinski definition) is 3. The Morgan fingerprint density at radius 2 is 2.14 bits per heavy atom. The number of aromatic nitrogens is 2. The van der Waals surface area contributed by atoms with Gasteiger partial charge in [-0.2, -0.15) is 0 Å². The zero-order chi connectivity index (χ0) is 15.5. The second kappa shape index (κ2) is 6.82. The predicted octanol–water partition coefficient (Wildman–Crippen LogP) is 3.15. The number of halogens is 1. The summed E-state index contributed by atoms with van der Waals surface area (Å²) in [5.74, 6) is 0.623. The average molecular weight is 320 g/mol. The van der Waals surface area contributed by atoms with Gasteiger partial charge in [-0.05, 0) is 36.6 Å². The quantitative estimate of drug-likeness (QED) is 0.941. The van der Waals surface area contributed by atoms with Crippen LogP contribution in [0.4, 0.5) is 0 Å². The lowest BCUT2D eigenvalue weighted by Crippen LogP contribution is -2.42. The van der Waals surface area contributed by atoms with Crippen LogP contribution in [0, 0.1) is 5.92 Å². The molecule has 2 heterocycles. The highest BCUT2D eigenvalue weighted by Crippen LogP contribution is 2.28. The van der Waals surface area contributed by atoms with Crippen molar-refractivity contribution in [2.45, 2.75) is 25.5 Å². The van der Waals surface area contributed by atoms with Crippen molar-refractivity contribution >= 4 is 11.6 Å². The molecule has 1 aromatic carbocycles. The number of aliphatic hydroxyl groups excluding tert-OH is 1. The predicted molar refractivity (Wildman–Crippen MR) is 87.9 cm³/mol. The maximum absolute atomic E-state index is 10.4. The summed E-state index contributed by atoms with van der Waals surface area (Å²) in [6, 6.07) is 7.87. The van der Waals surface area contributed by atoms with Gasteiger partial charge in [0.2, 0.25) is 0 Å². The van der Waals surface area contributed by atoms with E-state index < -0.39 is 6.10 Å². The molecule has 1 saturated heterocycles. The van der Waals surface area contributed by atoms with E-state index in [1.807, 2.05) is 43.0 Å². The third kappa shape index (κ3) is 3.51. The topological polar surface area (TPSA) is 41.3 Å². The van der Waals surface area contributed by atoms with Gasteiger partial charge in [-0.25, -0.2) is 4.98 Å². The highest BCUT2D eigenvalue weighted by atomic mass is 35.5. The van der Waals surface area contributed by atoms with Crippen LogP contribution in [0.2, 0.25) is 5.02 Å². The van der Waals surface area contributed by atoms with Crippen molar-refractivity contribution < 1.29 is 5.11 Å². The molecule has 118 valence electrons. The third-order valence-electron chi connectivity index (χ3n) is 4.60. The Morgan fingerprint density at radius 3 is 2.82 bits per heavy atom. The van der Waals surface area contributed by atoms with Crippen LogP contribution in [-0.2, 0) is 0 Å². The van der Waals surface area contributed by atoms with Crippen LogP contribution < -0.4 is 0 Å². The number of β-amino-alcohol motifs (C(OH)–C–C–N with tert-alkyl or cyclic N) is 1. The van der Waals surface area contributed by atoms with Crippen LogP contribution in [-0.4, -0.2) is 39.2 Å². The molecule has 1 aliphatic rings. The summed E-state index contributed by atoms with van der Waals surface area (Å²) in [4.78, 5) is 6.49. The number of benzene rings is 1. The van der Waals surface area contributed by atoms with Gasteiger partial charge in [-0.15, -0.1) is 0 Å². The standard InChI is InChI=1S/C17H22ClN3O/c1-13-6-8-20(10-16(13)21-9-7-19-12-21)11-17(22)14-2-4-15(18)5-3-14/h2-5,7,9,12-13,16-17,22H,6,8,10-11H2,1H3. The molecule has 0 aliphatic carbocycles. The fourth-order valence-electron chi connectivity index (χ4n) is 3.17. The molecule has 22 heavy (non-hydrogen) atoms. The van der Waals surface area contributed by atoms with E-state index in [1.165, 1.54) is 0 Å². The lowest BCUT2D eigenvalue weighted by molar-refractivity contribution is 0.0686. The number of rotatable bonds is 4. The molecule has 0 saturated carbocycles. The van der Waals surface area contributed by atoms with Gasteiger partial charge in [-0.1, -0.05) is 30.7 Å². The van der Waals surface area contributed by atoms with Crippen molar-refractivity contribution in [3.63, 3.8) is 0 Å². The van der Waals surface area contributed by atoms with E-state index in [4.69, 9.17) is 11.6 Å². The largest absolute Gasteiger partial charge is 0.387 e. The molecule has 3 atom stereocenters. The minimum Gasteiger partial charge on any atom is -0.387 e. The number of nitrogens with zero attached hydrogens (tertiary/aromatic N) is 3. The molecule has 1 aliphatic heterocycles. The Bertz CT molecular complexity index is 584. The molecule has 1 N–H and O–H groups in total. The molecule has 3 unspecified atom stereocenters. The summed E-state index contributed by atoms with van der Waals surface area (Å²) in [7, 11) is 0. The molecule has 4 nitrogen and oxygen atoms in total. The maximum atomic E-state index is 10.4. The molecule has 1 aromatic heterocycles. The minimum absolute atomic E-state index is 0.425. The first-order valence-electron chi connectivity index (χ1n) is 7.77. The van der Waals surface area contributed by atoms with Crippen molar-refractivity contribution in [1.29, 1.82) is 0 Å². The van der Waals surface area contributed by atoms with Gasteiger partial charge >= 0.3 is 0 Å². The summed E-state index contributed by atoms with van der Waals surface area (Å²) in [5.41, 5.74) is 0.919. The van der Waals surface area contributed by atoms with Gasteiger partial charge in [0.05, 0.1) is 12.4 Å². The van der Waals surface area contributed by atoms with Crippen LogP contribution in [0.25, 0.3) is 0 Å². The first kappa shape index (κ1) is 15.5. The lowest BCUT2D eigenvalue weighted by Gasteiger charge is -2.38. The van der Waals surface area contributed by atoms with E-state index >= 15 is 0 Å². The molecule has 0 bridgehead atoms. The van der Waals surface area contributed by atoms with Crippen LogP contribution in [0.3, 0.4) is 0 Å². The summed E-state index contributed by atoms with van der Waals surface area (Å²) in [6.45, 7) is 4.91. The van der Waals surface area contributed by atoms with Gasteiger partial charge in [0.15, 0.2) is 0 Å². The first-order chi connectivity index (χ1) is 10.6. The van der Waals surface area contributed by atoms with E-state index in [1.54, 1.807) is 0 Å². The molecular weight excluding hydrogens is 298 g/mol. The molecule has 0 amide bonds. The molecule has 5 heteroatoms. The molecule has 0 radical (unpaired) electrons. The minimum atomic E-state index is -0.478. The number of likely N-dealkylation sites (tertiary alicyclic amines) is 1. The van der Waals surface area contributed by atoms with Gasteiger partial charge in [0.25, 0.3) is 0 Å². The third-order valence-corrected chi connectivity index (χ3v) is 4.85. The van der Waals surface area contributed by atoms with Crippen LogP contribution in [0.5, 0.6) is 0 Å². The second-order valence-corrected chi connectivity index (χ2v) is 6.61. The Labute approximate surface area is 136 Å². The van der Waals surface area contributed by atoms with E-state index in [-0.39, 0.29) is 0 Å². The number of aliphatic hydroxyl groups is 1. The van der Waals surface area contributed by atoms with E-state index in [0.29, 0.717) is 23.5 Å². The van der Waals surface area contributed by atoms with Crippen molar-refractivity contribution in [3.8, 4) is 0 Å². The number of imidazole rings is 1. The van der Waals surface area contributed by atoms with Gasteiger partial charge in [0.1, 0.15) is 0 Å². The van der Waals surface area contributed by atoms with Gasteiger partial charge < -0.3 is 9.67 Å². The lowest BCUT2D eigenvalue weighted by atomic mass is 9.93. The molecule has 1 fully saturated rings. The summed E-state index contributed by atoms with van der Waals surface area (Å²) in [6.07, 6.45) is 6.40. The fourth-order valence-corrected chi connectivity index (χ4v) is 3.29. The molecule has 3 rings (SSSR count). The van der Waals surface area contributed by atoms with Crippen LogP contribution >= 0.6 is 11.6 Å². The van der Waals surface area contributed by atoms with Crippen LogP contribution in [0.15, 0.2) is 43.0 Å². The van der Waals surface area contributed by atoms with Crippen molar-refractivity contribution in [2.75, 3.05) is 19.6 Å². The molecular formula is C17H22ClN3O. The van der Waals surface area contributed by atoms with Crippen molar-refractivity contribution in [1.82, 2.24) is 14.5 Å². The summed E-state index contributed by atoms with van der Waals surface area (Å²) >= 11 is 5.90. The first-order valence-corrected chi connectivity index (χ1v) is 8.14. The Hall–Kier alpha value is -1.36. The highest BCUT2D eigenvalue weighted by molar-refractivity contribution is 6.30. The highest BCUT2D eigenvalue weighted by Gasteiger charge is 2.28. The van der Waals surface area contributed by atoms with E-state index in [9.17, 15) is 5.11 Å². The average Bonchev–Trinajstić information content (AvgIpc) is 3.04. The van der Waals surface area contributed by atoms with Gasteiger partial charge in [-0.3, -0.25) is 4.90 Å². The Balaban J connectivity index is 1.64. The van der Waals surface area contributed by atoms with Crippen molar-refractivity contribution in [2.24, 2.45) is 5.92 Å². The van der Waals surface area contributed by atoms with E-state index in [2.05, 4.69) is 21.4 Å². The zero-order valence-corrected chi connectivity index (χ0v) is 13.5. The van der Waals surface area contributed by atoms with E-state index in [0.717, 1.165) is 25.1 Å². The Kier molecular flexibility index (Phi) is 4.81. The number of piperidine rings is 1. The summed E-state index contributed by atoms with van der Waals surface area (Å²) < 4.78 is 2.19. The Morgan fingerprint density at radius 1 is 1.36 bits per heavy atom. The second-order valence-electron chi connectivity index (χ2n) is 6.17. The smallest absolute Gasteiger partial charge is 0.0949 e. The van der Waals surface area contributed by atoms with Crippen molar-refractivity contribution in [3.05, 3.63) is 53.6 Å². The zero-order valence-electron chi connectivity index (χ0n) is 12.8. The molecule has 2 aromatic rings. The SMILES string of the molecule is CC1CCN(CC(O)c2ccc(Cl)cc2)CC1n1ccnc1.